The van der Waals surface area contributed by atoms with Gasteiger partial charge in [0, 0.05) is 18.7 Å². The Morgan fingerprint density at radius 1 is 1.06 bits per heavy atom. The molecule has 0 radical (unpaired) electrons. The highest BCUT2D eigenvalue weighted by Crippen LogP contribution is 2.42. The summed E-state index contributed by atoms with van der Waals surface area (Å²) in [7, 11) is 0. The van der Waals surface area contributed by atoms with Crippen LogP contribution in [0.5, 0.6) is 17.2 Å². The Hall–Kier alpha value is -3.52. The van der Waals surface area contributed by atoms with Gasteiger partial charge in [0.1, 0.15) is 24.7 Å². The molecule has 2 aromatic rings. The molecule has 0 bridgehead atoms. The lowest BCUT2D eigenvalue weighted by atomic mass is 9.95. The predicted octanol–water partition coefficient (Wildman–Crippen LogP) is 3.46. The predicted molar refractivity (Wildman–Crippen MR) is 123 cm³/mol. The number of benzene rings is 2. The van der Waals surface area contributed by atoms with Crippen LogP contribution in [0.1, 0.15) is 36.9 Å². The number of likely N-dealkylation sites (tertiary alicyclic amines) is 1. The number of amides is 1. The lowest BCUT2D eigenvalue weighted by Gasteiger charge is -2.27. The van der Waals surface area contributed by atoms with Gasteiger partial charge >= 0.3 is 0 Å². The molecule has 2 unspecified atom stereocenters. The van der Waals surface area contributed by atoms with Crippen molar-refractivity contribution >= 4 is 17.4 Å². The SMILES string of the molecule is CCOc1ccc(C2/C(=C(\O)c3ccc4c(c3)OCCO4)C(=O)C(=O)N2CC2CCCO2)cc1. The normalized spacial score (nSPS) is 23.4. The van der Waals surface area contributed by atoms with Crippen LogP contribution in [0.2, 0.25) is 0 Å². The van der Waals surface area contributed by atoms with Crippen molar-refractivity contribution in [2.24, 2.45) is 0 Å². The first-order valence-electron chi connectivity index (χ1n) is 11.6. The van der Waals surface area contributed by atoms with Crippen molar-refractivity contribution < 1.29 is 33.6 Å². The van der Waals surface area contributed by atoms with Crippen molar-refractivity contribution in [1.82, 2.24) is 4.90 Å². The lowest BCUT2D eigenvalue weighted by molar-refractivity contribution is -0.140. The van der Waals surface area contributed by atoms with Crippen LogP contribution in [0.25, 0.3) is 5.76 Å². The van der Waals surface area contributed by atoms with Gasteiger partial charge in [0.2, 0.25) is 0 Å². The molecule has 34 heavy (non-hydrogen) atoms. The number of rotatable bonds is 6. The van der Waals surface area contributed by atoms with Gasteiger partial charge in [-0.3, -0.25) is 9.59 Å². The molecule has 0 aliphatic carbocycles. The van der Waals surface area contributed by atoms with E-state index in [0.29, 0.717) is 54.8 Å². The number of aliphatic hydroxyl groups is 1. The number of carbonyl (C=O) groups excluding carboxylic acids is 2. The van der Waals surface area contributed by atoms with E-state index in [1.807, 2.05) is 19.1 Å². The van der Waals surface area contributed by atoms with E-state index >= 15 is 0 Å². The number of hydrogen-bond donors (Lipinski definition) is 1. The molecular formula is C26H27NO7. The molecule has 0 saturated carbocycles. The second kappa shape index (κ2) is 9.38. The van der Waals surface area contributed by atoms with Gasteiger partial charge in [0.15, 0.2) is 11.5 Å². The molecule has 2 aromatic carbocycles. The van der Waals surface area contributed by atoms with Gasteiger partial charge in [-0.25, -0.2) is 0 Å². The number of hydrogen-bond acceptors (Lipinski definition) is 7. The third kappa shape index (κ3) is 4.09. The summed E-state index contributed by atoms with van der Waals surface area (Å²) < 4.78 is 22.5. The van der Waals surface area contributed by atoms with Crippen LogP contribution in [0.3, 0.4) is 0 Å². The fourth-order valence-corrected chi connectivity index (χ4v) is 4.68. The largest absolute Gasteiger partial charge is 0.507 e. The van der Waals surface area contributed by atoms with Crippen molar-refractivity contribution in [3.63, 3.8) is 0 Å². The van der Waals surface area contributed by atoms with E-state index < -0.39 is 17.7 Å². The van der Waals surface area contributed by atoms with Crippen molar-refractivity contribution in [3.8, 4) is 17.2 Å². The van der Waals surface area contributed by atoms with Gasteiger partial charge in [0.25, 0.3) is 11.7 Å². The average Bonchev–Trinajstić information content (AvgIpc) is 3.46. The van der Waals surface area contributed by atoms with Gasteiger partial charge in [0.05, 0.1) is 24.3 Å². The monoisotopic (exact) mass is 465 g/mol. The minimum absolute atomic E-state index is 0.0452. The van der Waals surface area contributed by atoms with Crippen molar-refractivity contribution in [3.05, 3.63) is 59.2 Å². The summed E-state index contributed by atoms with van der Waals surface area (Å²) >= 11 is 0. The van der Waals surface area contributed by atoms with Gasteiger partial charge in [-0.2, -0.15) is 0 Å². The highest BCUT2D eigenvalue weighted by Gasteiger charge is 2.47. The standard InChI is InChI=1S/C26H27NO7/c1-2-31-18-8-5-16(6-9-18)23-22(25(29)26(30)27(23)15-19-4-3-11-32-19)24(28)17-7-10-20-21(14-17)34-13-12-33-20/h5-10,14,19,23,28H,2-4,11-13,15H2,1H3/b24-22+. The molecule has 3 aliphatic heterocycles. The number of Topliss-reactive ketones (excluding diaryl/α,β-unsaturated/α-hetero) is 1. The first-order chi connectivity index (χ1) is 16.6. The molecule has 3 aliphatic rings. The molecule has 1 amide bonds. The van der Waals surface area contributed by atoms with Crippen LogP contribution in [0.4, 0.5) is 0 Å². The molecule has 2 fully saturated rings. The Balaban J connectivity index is 1.58. The summed E-state index contributed by atoms with van der Waals surface area (Å²) in [6, 6.07) is 11.5. The van der Waals surface area contributed by atoms with E-state index in [4.69, 9.17) is 18.9 Å². The van der Waals surface area contributed by atoms with Crippen LogP contribution < -0.4 is 14.2 Å². The van der Waals surface area contributed by atoms with Gasteiger partial charge in [-0.15, -0.1) is 0 Å². The maximum absolute atomic E-state index is 13.2. The van der Waals surface area contributed by atoms with Crippen LogP contribution in [-0.4, -0.2) is 60.8 Å². The van der Waals surface area contributed by atoms with Crippen LogP contribution in [0.15, 0.2) is 48.0 Å². The number of nitrogens with zero attached hydrogens (tertiary/aromatic N) is 1. The van der Waals surface area contributed by atoms with Crippen molar-refractivity contribution in [2.75, 3.05) is 33.0 Å². The number of ether oxygens (including phenoxy) is 4. The summed E-state index contributed by atoms with van der Waals surface area (Å²) in [5, 5.41) is 11.3. The molecule has 1 N–H and O–H groups in total. The smallest absolute Gasteiger partial charge is 0.295 e. The van der Waals surface area contributed by atoms with Crippen LogP contribution >= 0.6 is 0 Å². The van der Waals surface area contributed by atoms with Gasteiger partial charge in [-0.1, -0.05) is 12.1 Å². The Bertz CT molecular complexity index is 1120. The molecule has 5 rings (SSSR count). The zero-order chi connectivity index (χ0) is 23.7. The number of fused-ring (bicyclic) bond motifs is 1. The first-order valence-corrected chi connectivity index (χ1v) is 11.6. The van der Waals surface area contributed by atoms with Gasteiger partial charge < -0.3 is 29.0 Å². The van der Waals surface area contributed by atoms with E-state index in [1.165, 1.54) is 4.90 Å². The van der Waals surface area contributed by atoms with E-state index in [2.05, 4.69) is 0 Å². The molecule has 0 spiro atoms. The zero-order valence-electron chi connectivity index (χ0n) is 19.0. The first kappa shape index (κ1) is 22.3. The number of carbonyl (C=O) groups is 2. The van der Waals surface area contributed by atoms with E-state index in [1.54, 1.807) is 30.3 Å². The van der Waals surface area contributed by atoms with E-state index in [9.17, 15) is 14.7 Å². The van der Waals surface area contributed by atoms with Crippen LogP contribution in [-0.2, 0) is 14.3 Å². The molecule has 8 nitrogen and oxygen atoms in total. The quantitative estimate of drug-likeness (QED) is 0.397. The van der Waals surface area contributed by atoms with Crippen molar-refractivity contribution in [1.29, 1.82) is 0 Å². The van der Waals surface area contributed by atoms with E-state index in [-0.39, 0.29) is 24.0 Å². The van der Waals surface area contributed by atoms with Crippen molar-refractivity contribution in [2.45, 2.75) is 31.9 Å². The molecule has 2 saturated heterocycles. The summed E-state index contributed by atoms with van der Waals surface area (Å²) in [4.78, 5) is 27.9. The highest BCUT2D eigenvalue weighted by molar-refractivity contribution is 6.46. The molecule has 8 heteroatoms. The number of aliphatic hydroxyl groups excluding tert-OH is 1. The fourth-order valence-electron chi connectivity index (χ4n) is 4.68. The molecule has 3 heterocycles. The lowest BCUT2D eigenvalue weighted by Crippen LogP contribution is -2.36. The molecule has 2 atom stereocenters. The zero-order valence-corrected chi connectivity index (χ0v) is 19.0. The molecule has 0 aromatic heterocycles. The topological polar surface area (TPSA) is 94.5 Å². The maximum Gasteiger partial charge on any atom is 0.295 e. The second-order valence-corrected chi connectivity index (χ2v) is 8.45. The summed E-state index contributed by atoms with van der Waals surface area (Å²) in [5.41, 5.74) is 1.14. The third-order valence-corrected chi connectivity index (χ3v) is 6.29. The maximum atomic E-state index is 13.2. The second-order valence-electron chi connectivity index (χ2n) is 8.45. The Morgan fingerprint density at radius 2 is 1.82 bits per heavy atom. The third-order valence-electron chi connectivity index (χ3n) is 6.29. The number of ketones is 1. The van der Waals surface area contributed by atoms with Gasteiger partial charge in [-0.05, 0) is 55.7 Å². The van der Waals surface area contributed by atoms with Crippen LogP contribution in [0, 0.1) is 0 Å². The average molecular weight is 466 g/mol. The fraction of sp³-hybridized carbons (Fsp3) is 0.385. The molecular weight excluding hydrogens is 438 g/mol. The minimum Gasteiger partial charge on any atom is -0.507 e. The highest BCUT2D eigenvalue weighted by atomic mass is 16.6. The molecule has 178 valence electrons. The Morgan fingerprint density at radius 3 is 2.53 bits per heavy atom. The summed E-state index contributed by atoms with van der Waals surface area (Å²) in [6.07, 6.45) is 1.60. The Kier molecular flexibility index (Phi) is 6.15. The summed E-state index contributed by atoms with van der Waals surface area (Å²) in [5.74, 6) is 0.141. The minimum atomic E-state index is -0.743. The Labute approximate surface area is 197 Å². The summed E-state index contributed by atoms with van der Waals surface area (Å²) in [6.45, 7) is 4.19. The van der Waals surface area contributed by atoms with E-state index in [0.717, 1.165) is 12.8 Å².